The first kappa shape index (κ1) is 16.6. The average Bonchev–Trinajstić information content (AvgIpc) is 2.51. The summed E-state index contributed by atoms with van der Waals surface area (Å²) in [5, 5.41) is 4.61. The normalized spacial score (nSPS) is 10.8. The van der Waals surface area contributed by atoms with E-state index in [2.05, 4.69) is 29.6 Å². The molecule has 0 bridgehead atoms. The third kappa shape index (κ3) is 5.54. The van der Waals surface area contributed by atoms with Crippen LogP contribution in [0.2, 0.25) is 5.02 Å². The minimum absolute atomic E-state index is 0.108. The van der Waals surface area contributed by atoms with Gasteiger partial charge in [-0.25, -0.2) is 5.43 Å². The topological polar surface area (TPSA) is 41.5 Å². The molecule has 2 aromatic rings. The van der Waals surface area contributed by atoms with Crippen LogP contribution in [0.5, 0.6) is 0 Å². The molecule has 0 radical (unpaired) electrons. The summed E-state index contributed by atoms with van der Waals surface area (Å²) in [6.45, 7) is 2.08. The molecule has 114 valence electrons. The average molecular weight is 333 g/mol. The van der Waals surface area contributed by atoms with Crippen molar-refractivity contribution < 1.29 is 4.79 Å². The number of hydrogen-bond donors (Lipinski definition) is 1. The Bertz CT molecular complexity index is 656. The molecule has 1 amide bonds. The molecule has 0 heterocycles. The van der Waals surface area contributed by atoms with Gasteiger partial charge in [0.05, 0.1) is 12.0 Å². The highest BCUT2D eigenvalue weighted by atomic mass is 35.5. The van der Waals surface area contributed by atoms with E-state index in [0.717, 1.165) is 11.3 Å². The van der Waals surface area contributed by atoms with E-state index in [9.17, 15) is 4.79 Å². The van der Waals surface area contributed by atoms with Crippen molar-refractivity contribution in [3.63, 3.8) is 0 Å². The maximum absolute atomic E-state index is 11.7. The predicted molar refractivity (Wildman–Crippen MR) is 94.5 cm³/mol. The third-order valence-electron chi connectivity index (χ3n) is 3.02. The molecular weight excluding hydrogens is 316 g/mol. The van der Waals surface area contributed by atoms with Gasteiger partial charge in [-0.1, -0.05) is 48.0 Å². The Labute approximate surface area is 139 Å². The minimum Gasteiger partial charge on any atom is -0.272 e. The molecule has 0 saturated carbocycles. The van der Waals surface area contributed by atoms with Crippen molar-refractivity contribution in [2.75, 3.05) is 5.75 Å². The van der Waals surface area contributed by atoms with Crippen molar-refractivity contribution in [1.82, 2.24) is 5.43 Å². The van der Waals surface area contributed by atoms with Crippen LogP contribution in [0, 0.1) is 6.92 Å². The molecule has 0 spiro atoms. The fourth-order valence-electron chi connectivity index (χ4n) is 1.79. The summed E-state index contributed by atoms with van der Waals surface area (Å²) in [7, 11) is 0. The highest BCUT2D eigenvalue weighted by molar-refractivity contribution is 7.99. The third-order valence-corrected chi connectivity index (χ3v) is 4.26. The molecule has 0 aliphatic heterocycles. The number of carbonyl (C=O) groups excluding carboxylic acids is 1. The van der Waals surface area contributed by atoms with E-state index >= 15 is 0 Å². The molecule has 0 unspecified atom stereocenters. The van der Waals surface area contributed by atoms with Crippen molar-refractivity contribution in [3.8, 4) is 0 Å². The lowest BCUT2D eigenvalue weighted by Gasteiger charge is -2.04. The quantitative estimate of drug-likeness (QED) is 0.641. The first-order valence-corrected chi connectivity index (χ1v) is 8.38. The van der Waals surface area contributed by atoms with Crippen LogP contribution >= 0.6 is 23.4 Å². The molecule has 0 aliphatic rings. The zero-order valence-electron chi connectivity index (χ0n) is 12.3. The van der Waals surface area contributed by atoms with Gasteiger partial charge in [0.1, 0.15) is 0 Å². The van der Waals surface area contributed by atoms with Crippen LogP contribution in [0.15, 0.2) is 53.6 Å². The molecule has 0 saturated heterocycles. The number of rotatable bonds is 6. The smallest absolute Gasteiger partial charge is 0.250 e. The zero-order chi connectivity index (χ0) is 15.8. The van der Waals surface area contributed by atoms with Crippen LogP contribution in [-0.2, 0) is 10.5 Å². The summed E-state index contributed by atoms with van der Waals surface area (Å²) >= 11 is 7.37. The number of amides is 1. The van der Waals surface area contributed by atoms with E-state index in [1.807, 2.05) is 24.3 Å². The predicted octanol–water partition coefficient (Wildman–Crippen LogP) is 4.03. The summed E-state index contributed by atoms with van der Waals surface area (Å²) in [4.78, 5) is 11.7. The number of carbonyl (C=O) groups is 1. The van der Waals surface area contributed by atoms with Crippen LogP contribution < -0.4 is 5.43 Å². The minimum atomic E-state index is -0.108. The maximum atomic E-state index is 11.7. The Morgan fingerprint density at radius 3 is 2.68 bits per heavy atom. The second kappa shape index (κ2) is 8.61. The highest BCUT2D eigenvalue weighted by Gasteiger charge is 2.02. The summed E-state index contributed by atoms with van der Waals surface area (Å²) in [6.07, 6.45) is 1.60. The van der Waals surface area contributed by atoms with E-state index in [-0.39, 0.29) is 5.91 Å². The lowest BCUT2D eigenvalue weighted by molar-refractivity contribution is -0.118. The van der Waals surface area contributed by atoms with Gasteiger partial charge in [0, 0.05) is 10.8 Å². The Hall–Kier alpha value is -1.78. The number of hydrogen-bond acceptors (Lipinski definition) is 3. The lowest BCUT2D eigenvalue weighted by atomic mass is 10.1. The van der Waals surface area contributed by atoms with Gasteiger partial charge >= 0.3 is 0 Å². The molecule has 0 atom stereocenters. The number of thioether (sulfide) groups is 1. The van der Waals surface area contributed by atoms with Gasteiger partial charge < -0.3 is 0 Å². The molecule has 0 fully saturated rings. The number of benzene rings is 2. The number of halogens is 1. The van der Waals surface area contributed by atoms with Crippen LogP contribution in [0.3, 0.4) is 0 Å². The van der Waals surface area contributed by atoms with Gasteiger partial charge in [-0.15, -0.1) is 11.8 Å². The number of hydrazone groups is 1. The number of aryl methyl sites for hydroxylation is 1. The van der Waals surface area contributed by atoms with Crippen molar-refractivity contribution in [2.24, 2.45) is 5.10 Å². The maximum Gasteiger partial charge on any atom is 0.250 e. The van der Waals surface area contributed by atoms with E-state index < -0.39 is 0 Å². The summed E-state index contributed by atoms with van der Waals surface area (Å²) < 4.78 is 0. The molecule has 2 rings (SSSR count). The Kier molecular flexibility index (Phi) is 6.49. The molecule has 1 N–H and O–H groups in total. The fraction of sp³-hybridized carbons (Fsp3) is 0.176. The first-order valence-electron chi connectivity index (χ1n) is 6.85. The summed E-state index contributed by atoms with van der Waals surface area (Å²) in [5.74, 6) is 1.09. The van der Waals surface area contributed by atoms with Gasteiger partial charge in [-0.05, 0) is 35.7 Å². The number of nitrogens with zero attached hydrogens (tertiary/aromatic N) is 1. The molecule has 2 aromatic carbocycles. The van der Waals surface area contributed by atoms with Crippen LogP contribution in [0.4, 0.5) is 0 Å². The second-order valence-electron chi connectivity index (χ2n) is 4.76. The molecule has 5 heteroatoms. The Morgan fingerprint density at radius 1 is 1.23 bits per heavy atom. The van der Waals surface area contributed by atoms with Gasteiger partial charge in [-0.2, -0.15) is 5.10 Å². The van der Waals surface area contributed by atoms with Crippen molar-refractivity contribution >= 4 is 35.5 Å². The van der Waals surface area contributed by atoms with Crippen LogP contribution in [0.25, 0.3) is 0 Å². The first-order chi connectivity index (χ1) is 10.6. The van der Waals surface area contributed by atoms with Crippen molar-refractivity contribution in [1.29, 1.82) is 0 Å². The van der Waals surface area contributed by atoms with E-state index in [1.165, 1.54) is 11.1 Å². The van der Waals surface area contributed by atoms with Crippen LogP contribution in [0.1, 0.15) is 16.7 Å². The standard InChI is InChI=1S/C17H17ClN2OS/c1-13-4-2-3-5-15(13)11-22-12-17(21)20-19-10-14-6-8-16(18)9-7-14/h2-10H,11-12H2,1H3,(H,20,21)/b19-10+. The largest absolute Gasteiger partial charge is 0.272 e. The second-order valence-corrected chi connectivity index (χ2v) is 6.19. The van der Waals surface area contributed by atoms with Crippen molar-refractivity contribution in [3.05, 3.63) is 70.2 Å². The van der Waals surface area contributed by atoms with Crippen molar-refractivity contribution in [2.45, 2.75) is 12.7 Å². The Balaban J connectivity index is 1.72. The molecule has 3 nitrogen and oxygen atoms in total. The van der Waals surface area contributed by atoms with Gasteiger partial charge in [0.25, 0.3) is 0 Å². The van der Waals surface area contributed by atoms with Gasteiger partial charge in [-0.3, -0.25) is 4.79 Å². The zero-order valence-corrected chi connectivity index (χ0v) is 13.8. The molecule has 0 aromatic heterocycles. The SMILES string of the molecule is Cc1ccccc1CSCC(=O)N/N=C/c1ccc(Cl)cc1. The molecule has 0 aliphatic carbocycles. The lowest BCUT2D eigenvalue weighted by Crippen LogP contribution is -2.19. The molecular formula is C17H17ClN2OS. The highest BCUT2D eigenvalue weighted by Crippen LogP contribution is 2.15. The van der Waals surface area contributed by atoms with Crippen LogP contribution in [-0.4, -0.2) is 17.9 Å². The number of nitrogens with one attached hydrogen (secondary N) is 1. The van der Waals surface area contributed by atoms with E-state index in [4.69, 9.17) is 11.6 Å². The van der Waals surface area contributed by atoms with Gasteiger partial charge in [0.2, 0.25) is 5.91 Å². The fourth-order valence-corrected chi connectivity index (χ4v) is 2.81. The van der Waals surface area contributed by atoms with Gasteiger partial charge in [0.15, 0.2) is 0 Å². The summed E-state index contributed by atoms with van der Waals surface area (Å²) in [5.41, 5.74) is 5.91. The Morgan fingerprint density at radius 2 is 1.95 bits per heavy atom. The van der Waals surface area contributed by atoms with E-state index in [0.29, 0.717) is 10.8 Å². The van der Waals surface area contributed by atoms with E-state index in [1.54, 1.807) is 30.1 Å². The summed E-state index contributed by atoms with van der Waals surface area (Å²) in [6, 6.07) is 15.4. The monoisotopic (exact) mass is 332 g/mol. The molecule has 22 heavy (non-hydrogen) atoms.